The molecule has 0 aliphatic carbocycles. The van der Waals surface area contributed by atoms with Crippen LogP contribution in [0.1, 0.15) is 38.7 Å². The molecule has 1 heterocycles. The largest absolute Gasteiger partial charge is 0.496 e. The Morgan fingerprint density at radius 2 is 1.55 bits per heavy atom. The Morgan fingerprint density at radius 1 is 0.871 bits per heavy atom. The van der Waals surface area contributed by atoms with Gasteiger partial charge in [-0.2, -0.15) is 0 Å². The summed E-state index contributed by atoms with van der Waals surface area (Å²) < 4.78 is 5.40. The fraction of sp³-hybridized carbons (Fsp3) is 0.296. The lowest BCUT2D eigenvalue weighted by Gasteiger charge is -2.40. The van der Waals surface area contributed by atoms with Crippen molar-refractivity contribution in [3.8, 4) is 5.75 Å². The van der Waals surface area contributed by atoms with Crippen molar-refractivity contribution in [2.24, 2.45) is 0 Å². The van der Waals surface area contributed by atoms with Gasteiger partial charge in [0.2, 0.25) is 0 Å². The molecule has 1 saturated heterocycles. The van der Waals surface area contributed by atoms with Gasteiger partial charge in [0.05, 0.1) is 18.7 Å². The van der Waals surface area contributed by atoms with E-state index in [1.165, 1.54) is 22.3 Å². The number of hydrogen-bond donors (Lipinski definition) is 0. The van der Waals surface area contributed by atoms with E-state index >= 15 is 0 Å². The summed E-state index contributed by atoms with van der Waals surface area (Å²) in [4.78, 5) is 17.6. The molecule has 31 heavy (non-hydrogen) atoms. The van der Waals surface area contributed by atoms with Crippen LogP contribution in [0, 0.1) is 13.8 Å². The molecule has 0 aromatic heterocycles. The van der Waals surface area contributed by atoms with E-state index < -0.39 is 0 Å². The molecule has 160 valence electrons. The van der Waals surface area contributed by atoms with Crippen molar-refractivity contribution in [1.82, 2.24) is 9.80 Å². The van der Waals surface area contributed by atoms with Crippen molar-refractivity contribution in [1.29, 1.82) is 0 Å². The maximum Gasteiger partial charge on any atom is 0.257 e. The predicted molar refractivity (Wildman–Crippen MR) is 125 cm³/mol. The van der Waals surface area contributed by atoms with Crippen LogP contribution in [-0.4, -0.2) is 49.0 Å². The van der Waals surface area contributed by atoms with Crippen LogP contribution in [-0.2, 0) is 0 Å². The van der Waals surface area contributed by atoms with Crippen LogP contribution in [0.3, 0.4) is 0 Å². The number of piperazine rings is 1. The third-order valence-corrected chi connectivity index (χ3v) is 6.15. The van der Waals surface area contributed by atoms with Crippen LogP contribution >= 0.6 is 0 Å². The zero-order valence-corrected chi connectivity index (χ0v) is 18.5. The van der Waals surface area contributed by atoms with Crippen molar-refractivity contribution < 1.29 is 9.53 Å². The van der Waals surface area contributed by atoms with E-state index in [9.17, 15) is 4.79 Å². The average molecular weight is 415 g/mol. The Bertz CT molecular complexity index is 1040. The first-order valence-corrected chi connectivity index (χ1v) is 10.9. The van der Waals surface area contributed by atoms with Crippen LogP contribution in [0.15, 0.2) is 72.8 Å². The van der Waals surface area contributed by atoms with Gasteiger partial charge in [-0.1, -0.05) is 66.2 Å². The zero-order chi connectivity index (χ0) is 21.8. The van der Waals surface area contributed by atoms with Gasteiger partial charge in [0, 0.05) is 26.2 Å². The number of benzene rings is 3. The third-order valence-electron chi connectivity index (χ3n) is 6.15. The zero-order valence-electron chi connectivity index (χ0n) is 18.5. The number of carbonyl (C=O) groups excluding carboxylic acids is 1. The number of methoxy groups -OCH3 is 1. The molecule has 4 heteroatoms. The van der Waals surface area contributed by atoms with Crippen molar-refractivity contribution in [3.63, 3.8) is 0 Å². The summed E-state index contributed by atoms with van der Waals surface area (Å²) in [7, 11) is 1.61. The summed E-state index contributed by atoms with van der Waals surface area (Å²) in [5, 5.41) is 0. The summed E-state index contributed by atoms with van der Waals surface area (Å²) in [6.45, 7) is 7.39. The van der Waals surface area contributed by atoms with E-state index in [2.05, 4.69) is 67.3 Å². The normalized spacial score (nSPS) is 15.5. The molecule has 1 aliphatic heterocycles. The number of hydrogen-bond acceptors (Lipinski definition) is 3. The Morgan fingerprint density at radius 3 is 2.26 bits per heavy atom. The van der Waals surface area contributed by atoms with Gasteiger partial charge in [-0.05, 0) is 42.7 Å². The standard InChI is InChI=1S/C27H30N2O2/c1-20-13-14-21(2)24(19-20)26(22-9-5-4-6-10-22)28-15-17-29(18-16-28)27(30)23-11-7-8-12-25(23)31-3/h4-14,19,26H,15-18H2,1-3H3/t26-/m1/s1. The number of ether oxygens (including phenoxy) is 1. The molecule has 1 aliphatic rings. The van der Waals surface area contributed by atoms with Gasteiger partial charge in [0.25, 0.3) is 5.91 Å². The minimum absolute atomic E-state index is 0.0418. The molecule has 0 bridgehead atoms. The van der Waals surface area contributed by atoms with Crippen LogP contribution in [0.25, 0.3) is 0 Å². The highest BCUT2D eigenvalue weighted by atomic mass is 16.5. The molecule has 1 amide bonds. The van der Waals surface area contributed by atoms with Crippen LogP contribution in [0.2, 0.25) is 0 Å². The molecule has 0 radical (unpaired) electrons. The van der Waals surface area contributed by atoms with Gasteiger partial charge in [-0.3, -0.25) is 9.69 Å². The van der Waals surface area contributed by atoms with Gasteiger partial charge in [-0.25, -0.2) is 0 Å². The highest BCUT2D eigenvalue weighted by Crippen LogP contribution is 2.32. The predicted octanol–water partition coefficient (Wildman–Crippen LogP) is 4.86. The molecular weight excluding hydrogens is 384 g/mol. The smallest absolute Gasteiger partial charge is 0.257 e. The van der Waals surface area contributed by atoms with Gasteiger partial charge < -0.3 is 9.64 Å². The lowest BCUT2D eigenvalue weighted by atomic mass is 9.92. The van der Waals surface area contributed by atoms with Crippen molar-refractivity contribution >= 4 is 5.91 Å². The quantitative estimate of drug-likeness (QED) is 0.598. The van der Waals surface area contributed by atoms with E-state index in [0.717, 1.165) is 13.1 Å². The number of para-hydroxylation sites is 1. The van der Waals surface area contributed by atoms with E-state index in [-0.39, 0.29) is 11.9 Å². The van der Waals surface area contributed by atoms with Gasteiger partial charge in [-0.15, -0.1) is 0 Å². The van der Waals surface area contributed by atoms with Gasteiger partial charge in [0.1, 0.15) is 5.75 Å². The van der Waals surface area contributed by atoms with E-state index in [0.29, 0.717) is 24.4 Å². The Labute approximate surface area is 185 Å². The Kier molecular flexibility index (Phi) is 6.38. The number of rotatable bonds is 5. The first kappa shape index (κ1) is 21.1. The monoisotopic (exact) mass is 414 g/mol. The van der Waals surface area contributed by atoms with E-state index in [1.807, 2.05) is 29.2 Å². The second-order valence-electron chi connectivity index (χ2n) is 8.20. The second-order valence-corrected chi connectivity index (χ2v) is 8.20. The fourth-order valence-corrected chi connectivity index (χ4v) is 4.45. The first-order chi connectivity index (χ1) is 15.1. The average Bonchev–Trinajstić information content (AvgIpc) is 2.82. The highest BCUT2D eigenvalue weighted by molar-refractivity contribution is 5.97. The molecular formula is C27H30N2O2. The maximum absolute atomic E-state index is 13.1. The summed E-state index contributed by atoms with van der Waals surface area (Å²) in [6, 6.07) is 25.0. The minimum Gasteiger partial charge on any atom is -0.496 e. The molecule has 3 aromatic carbocycles. The number of carbonyl (C=O) groups is 1. The summed E-state index contributed by atoms with van der Waals surface area (Å²) >= 11 is 0. The Balaban J connectivity index is 1.57. The molecule has 0 unspecified atom stereocenters. The molecule has 1 fully saturated rings. The van der Waals surface area contributed by atoms with Crippen LogP contribution in [0.4, 0.5) is 0 Å². The lowest BCUT2D eigenvalue weighted by Crippen LogP contribution is -2.50. The molecule has 4 nitrogen and oxygen atoms in total. The molecule has 0 saturated carbocycles. The Hall–Kier alpha value is -3.11. The number of aryl methyl sites for hydroxylation is 2. The topological polar surface area (TPSA) is 32.8 Å². The van der Waals surface area contributed by atoms with Crippen molar-refractivity contribution in [3.05, 3.63) is 101 Å². The third kappa shape index (κ3) is 4.49. The van der Waals surface area contributed by atoms with Crippen molar-refractivity contribution in [2.45, 2.75) is 19.9 Å². The molecule has 0 spiro atoms. The SMILES string of the molecule is COc1ccccc1C(=O)N1CCN([C@H](c2ccccc2)c2cc(C)ccc2C)CC1. The maximum atomic E-state index is 13.1. The van der Waals surface area contributed by atoms with Gasteiger partial charge >= 0.3 is 0 Å². The van der Waals surface area contributed by atoms with Crippen LogP contribution in [0.5, 0.6) is 5.75 Å². The van der Waals surface area contributed by atoms with E-state index in [4.69, 9.17) is 4.74 Å². The molecule has 4 rings (SSSR count). The summed E-state index contributed by atoms with van der Waals surface area (Å²) in [5.74, 6) is 0.674. The summed E-state index contributed by atoms with van der Waals surface area (Å²) in [5.41, 5.74) is 5.84. The highest BCUT2D eigenvalue weighted by Gasteiger charge is 2.30. The van der Waals surface area contributed by atoms with E-state index in [1.54, 1.807) is 7.11 Å². The molecule has 3 aromatic rings. The number of nitrogens with zero attached hydrogens (tertiary/aromatic N) is 2. The number of amides is 1. The van der Waals surface area contributed by atoms with Crippen LogP contribution < -0.4 is 4.74 Å². The second kappa shape index (κ2) is 9.36. The molecule has 0 N–H and O–H groups in total. The first-order valence-electron chi connectivity index (χ1n) is 10.9. The fourth-order valence-electron chi connectivity index (χ4n) is 4.45. The van der Waals surface area contributed by atoms with Crippen molar-refractivity contribution in [2.75, 3.05) is 33.3 Å². The minimum atomic E-state index is 0.0418. The van der Waals surface area contributed by atoms with Gasteiger partial charge in [0.15, 0.2) is 0 Å². The molecule has 1 atom stereocenters. The summed E-state index contributed by atoms with van der Waals surface area (Å²) in [6.07, 6.45) is 0. The lowest BCUT2D eigenvalue weighted by molar-refractivity contribution is 0.0594.